The van der Waals surface area contributed by atoms with E-state index < -0.39 is 0 Å². The van der Waals surface area contributed by atoms with Crippen LogP contribution in [0.15, 0.2) is 5.16 Å². The van der Waals surface area contributed by atoms with Crippen molar-refractivity contribution in [1.82, 2.24) is 10.2 Å². The SMILES string of the molecule is CCc1nnc(OCCO)c(C(N)=NO)c1CC. The van der Waals surface area contributed by atoms with Crippen LogP contribution in [0.1, 0.15) is 30.7 Å². The van der Waals surface area contributed by atoms with Gasteiger partial charge in [-0.25, -0.2) is 0 Å². The lowest BCUT2D eigenvalue weighted by Gasteiger charge is -2.14. The molecule has 0 aliphatic heterocycles. The largest absolute Gasteiger partial charge is 0.474 e. The zero-order valence-electron chi connectivity index (χ0n) is 10.6. The lowest BCUT2D eigenvalue weighted by Crippen LogP contribution is -2.21. The number of oxime groups is 1. The van der Waals surface area contributed by atoms with Gasteiger partial charge in [-0.2, -0.15) is 5.10 Å². The summed E-state index contributed by atoms with van der Waals surface area (Å²) in [6, 6.07) is 0. The van der Waals surface area contributed by atoms with Crippen molar-refractivity contribution in [2.45, 2.75) is 26.7 Å². The highest BCUT2D eigenvalue weighted by Gasteiger charge is 2.19. The predicted octanol–water partition coefficient (Wildman–Crippen LogP) is 0.0670. The van der Waals surface area contributed by atoms with E-state index >= 15 is 0 Å². The van der Waals surface area contributed by atoms with Gasteiger partial charge in [0, 0.05) is 0 Å². The summed E-state index contributed by atoms with van der Waals surface area (Å²) >= 11 is 0. The van der Waals surface area contributed by atoms with E-state index in [1.165, 1.54) is 0 Å². The number of rotatable bonds is 6. The highest BCUT2D eigenvalue weighted by atomic mass is 16.5. The summed E-state index contributed by atoms with van der Waals surface area (Å²) in [7, 11) is 0. The van der Waals surface area contributed by atoms with Crippen LogP contribution in [0.5, 0.6) is 5.88 Å². The Hall–Kier alpha value is -1.89. The van der Waals surface area contributed by atoms with Gasteiger partial charge in [0.2, 0.25) is 5.88 Å². The number of ether oxygens (including phenoxy) is 1. The third-order valence-corrected chi connectivity index (χ3v) is 2.51. The third kappa shape index (κ3) is 2.86. The molecule has 1 heterocycles. The minimum atomic E-state index is -0.145. The van der Waals surface area contributed by atoms with E-state index in [0.29, 0.717) is 18.4 Å². The van der Waals surface area contributed by atoms with E-state index in [1.54, 1.807) is 0 Å². The molecule has 0 radical (unpaired) electrons. The number of hydrogen-bond donors (Lipinski definition) is 3. The molecule has 4 N–H and O–H groups in total. The summed E-state index contributed by atoms with van der Waals surface area (Å²) in [5, 5.41) is 28.5. The minimum Gasteiger partial charge on any atom is -0.474 e. The number of amidine groups is 1. The monoisotopic (exact) mass is 254 g/mol. The number of aliphatic hydroxyl groups excluding tert-OH is 1. The fraction of sp³-hybridized carbons (Fsp3) is 0.545. The lowest BCUT2D eigenvalue weighted by atomic mass is 10.0. The zero-order valence-corrected chi connectivity index (χ0v) is 10.6. The van der Waals surface area contributed by atoms with E-state index in [2.05, 4.69) is 15.4 Å². The molecule has 0 saturated heterocycles. The van der Waals surface area contributed by atoms with Gasteiger partial charge >= 0.3 is 0 Å². The van der Waals surface area contributed by atoms with Gasteiger partial charge in [-0.15, -0.1) is 5.10 Å². The van der Waals surface area contributed by atoms with Gasteiger partial charge in [0.15, 0.2) is 5.84 Å². The average molecular weight is 254 g/mol. The summed E-state index contributed by atoms with van der Waals surface area (Å²) in [6.45, 7) is 3.83. The average Bonchev–Trinajstić information content (AvgIpc) is 2.42. The van der Waals surface area contributed by atoms with Crippen molar-refractivity contribution in [2.75, 3.05) is 13.2 Å². The lowest BCUT2D eigenvalue weighted by molar-refractivity contribution is 0.195. The molecule has 0 aromatic carbocycles. The van der Waals surface area contributed by atoms with Crippen LogP contribution in [0.2, 0.25) is 0 Å². The second-order valence-electron chi connectivity index (χ2n) is 3.57. The zero-order chi connectivity index (χ0) is 13.5. The highest BCUT2D eigenvalue weighted by Crippen LogP contribution is 2.22. The second kappa shape index (κ2) is 6.75. The highest BCUT2D eigenvalue weighted by molar-refractivity contribution is 6.00. The Kier molecular flexibility index (Phi) is 5.31. The van der Waals surface area contributed by atoms with E-state index in [1.807, 2.05) is 13.8 Å². The number of nitrogens with two attached hydrogens (primary N) is 1. The first kappa shape index (κ1) is 14.2. The number of aromatic nitrogens is 2. The first-order valence-electron chi connectivity index (χ1n) is 5.79. The first-order valence-corrected chi connectivity index (χ1v) is 5.79. The molecule has 0 amide bonds. The van der Waals surface area contributed by atoms with Gasteiger partial charge in [0.25, 0.3) is 0 Å². The van der Waals surface area contributed by atoms with Gasteiger partial charge in [-0.3, -0.25) is 0 Å². The van der Waals surface area contributed by atoms with Gasteiger partial charge in [0.1, 0.15) is 6.61 Å². The number of aryl methyl sites for hydroxylation is 1. The molecule has 100 valence electrons. The van der Waals surface area contributed by atoms with Crippen molar-refractivity contribution in [3.05, 3.63) is 16.8 Å². The van der Waals surface area contributed by atoms with E-state index in [9.17, 15) is 0 Å². The molecule has 1 aromatic rings. The van der Waals surface area contributed by atoms with Crippen molar-refractivity contribution in [2.24, 2.45) is 10.9 Å². The van der Waals surface area contributed by atoms with E-state index in [-0.39, 0.29) is 24.9 Å². The summed E-state index contributed by atoms with van der Waals surface area (Å²) in [4.78, 5) is 0. The maximum atomic E-state index is 8.83. The molecule has 0 bridgehead atoms. The molecule has 0 unspecified atom stereocenters. The summed E-state index contributed by atoms with van der Waals surface area (Å²) in [6.07, 6.45) is 1.36. The molecule has 0 aliphatic rings. The molecule has 18 heavy (non-hydrogen) atoms. The molecule has 7 heteroatoms. The van der Waals surface area contributed by atoms with Crippen LogP contribution in [0, 0.1) is 0 Å². The van der Waals surface area contributed by atoms with Crippen LogP contribution >= 0.6 is 0 Å². The molecule has 1 aromatic heterocycles. The quantitative estimate of drug-likeness (QED) is 0.286. The third-order valence-electron chi connectivity index (χ3n) is 2.51. The summed E-state index contributed by atoms with van der Waals surface area (Å²) < 4.78 is 5.26. The molecule has 1 rings (SSSR count). The smallest absolute Gasteiger partial charge is 0.245 e. The van der Waals surface area contributed by atoms with Crippen LogP contribution in [0.25, 0.3) is 0 Å². The fourth-order valence-corrected chi connectivity index (χ4v) is 1.71. The van der Waals surface area contributed by atoms with Crippen molar-refractivity contribution in [3.63, 3.8) is 0 Å². The van der Waals surface area contributed by atoms with Crippen molar-refractivity contribution in [3.8, 4) is 5.88 Å². The topological polar surface area (TPSA) is 114 Å². The minimum absolute atomic E-state index is 0.0654. The van der Waals surface area contributed by atoms with Crippen LogP contribution < -0.4 is 10.5 Å². The standard InChI is InChI=1S/C11H18N4O3/c1-3-7-8(4-2)13-14-11(18-6-5-16)9(7)10(12)15-17/h16-17H,3-6H2,1-2H3,(H2,12,15). The maximum absolute atomic E-state index is 8.83. The Morgan fingerprint density at radius 1 is 1.33 bits per heavy atom. The number of aliphatic hydroxyl groups is 1. The Balaban J connectivity index is 3.34. The Bertz CT molecular complexity index is 435. The van der Waals surface area contributed by atoms with E-state index in [4.69, 9.17) is 20.8 Å². The van der Waals surface area contributed by atoms with Crippen molar-refractivity contribution in [1.29, 1.82) is 0 Å². The van der Waals surface area contributed by atoms with Gasteiger partial charge in [0.05, 0.1) is 17.9 Å². The molecule has 0 spiro atoms. The molecule has 0 saturated carbocycles. The molecule has 0 atom stereocenters. The van der Waals surface area contributed by atoms with Crippen LogP contribution in [-0.4, -0.2) is 39.6 Å². The Morgan fingerprint density at radius 3 is 2.56 bits per heavy atom. The molecular weight excluding hydrogens is 236 g/mol. The van der Waals surface area contributed by atoms with Crippen LogP contribution in [0.3, 0.4) is 0 Å². The Morgan fingerprint density at radius 2 is 2.06 bits per heavy atom. The normalized spacial score (nSPS) is 11.6. The van der Waals surface area contributed by atoms with Gasteiger partial charge < -0.3 is 20.8 Å². The van der Waals surface area contributed by atoms with Gasteiger partial charge in [-0.1, -0.05) is 19.0 Å². The summed E-state index contributed by atoms with van der Waals surface area (Å²) in [5.74, 6) is 0.109. The van der Waals surface area contributed by atoms with Crippen molar-refractivity contribution >= 4 is 5.84 Å². The van der Waals surface area contributed by atoms with Crippen LogP contribution in [-0.2, 0) is 12.8 Å². The van der Waals surface area contributed by atoms with E-state index in [0.717, 1.165) is 11.3 Å². The van der Waals surface area contributed by atoms with Crippen molar-refractivity contribution < 1.29 is 15.1 Å². The molecule has 0 fully saturated rings. The fourth-order valence-electron chi connectivity index (χ4n) is 1.71. The Labute approximate surface area is 105 Å². The number of hydrogen-bond acceptors (Lipinski definition) is 6. The second-order valence-corrected chi connectivity index (χ2v) is 3.57. The predicted molar refractivity (Wildman–Crippen MR) is 65.9 cm³/mol. The number of nitrogens with zero attached hydrogens (tertiary/aromatic N) is 3. The molecule has 7 nitrogen and oxygen atoms in total. The van der Waals surface area contributed by atoms with Crippen LogP contribution in [0.4, 0.5) is 0 Å². The summed E-state index contributed by atoms with van der Waals surface area (Å²) in [5.41, 5.74) is 7.73. The molecular formula is C11H18N4O3. The maximum Gasteiger partial charge on any atom is 0.245 e. The first-order chi connectivity index (χ1) is 8.69. The van der Waals surface area contributed by atoms with Gasteiger partial charge in [-0.05, 0) is 18.4 Å². The molecule has 0 aliphatic carbocycles.